The van der Waals surface area contributed by atoms with E-state index in [9.17, 15) is 4.79 Å². The second kappa shape index (κ2) is 5.06. The lowest BCUT2D eigenvalue weighted by Crippen LogP contribution is -2.13. The van der Waals surface area contributed by atoms with E-state index in [2.05, 4.69) is 10.3 Å². The molecule has 0 fully saturated rings. The molecule has 0 spiro atoms. The number of hydrogen-bond acceptors (Lipinski definition) is 4. The molecule has 1 rings (SSSR count). The number of nitrogens with one attached hydrogen (secondary N) is 1. The molecule has 14 heavy (non-hydrogen) atoms. The van der Waals surface area contributed by atoms with Gasteiger partial charge in [0.05, 0.1) is 5.69 Å². The van der Waals surface area contributed by atoms with Crippen molar-refractivity contribution in [3.63, 3.8) is 0 Å². The van der Waals surface area contributed by atoms with Gasteiger partial charge in [0.25, 0.3) is 0 Å². The normalized spacial score (nSPS) is 9.71. The minimum absolute atomic E-state index is 0.286. The summed E-state index contributed by atoms with van der Waals surface area (Å²) in [6.07, 6.45) is 2.71. The molecule has 5 heteroatoms. The number of hydrogen-bond donors (Lipinski definition) is 3. The Hall–Kier alpha value is -1.78. The molecule has 76 valence electrons. The van der Waals surface area contributed by atoms with Crippen molar-refractivity contribution < 1.29 is 4.79 Å². The van der Waals surface area contributed by atoms with Crippen molar-refractivity contribution in [2.24, 2.45) is 5.73 Å². The quantitative estimate of drug-likeness (QED) is 0.589. The summed E-state index contributed by atoms with van der Waals surface area (Å²) in [7, 11) is 0. The van der Waals surface area contributed by atoms with E-state index in [0.29, 0.717) is 25.2 Å². The maximum atomic E-state index is 10.4. The molecule has 0 aliphatic heterocycles. The molecule has 0 bridgehead atoms. The third-order valence-corrected chi connectivity index (χ3v) is 1.75. The molecule has 1 aromatic rings. The molecule has 0 radical (unpaired) electrons. The zero-order valence-corrected chi connectivity index (χ0v) is 7.86. The van der Waals surface area contributed by atoms with Crippen LogP contribution in [0.1, 0.15) is 12.8 Å². The molecule has 0 aliphatic carbocycles. The maximum Gasteiger partial charge on any atom is 0.217 e. The van der Waals surface area contributed by atoms with Crippen LogP contribution in [0.3, 0.4) is 0 Å². The molecule has 0 aromatic carbocycles. The average molecular weight is 194 g/mol. The first-order chi connectivity index (χ1) is 6.70. The topological polar surface area (TPSA) is 94.0 Å². The largest absolute Gasteiger partial charge is 0.382 e. The fourth-order valence-corrected chi connectivity index (χ4v) is 1.05. The molecule has 5 nitrogen and oxygen atoms in total. The monoisotopic (exact) mass is 194 g/mol. The number of rotatable bonds is 5. The Labute approximate surface area is 82.5 Å². The first-order valence-corrected chi connectivity index (χ1v) is 4.43. The minimum atomic E-state index is -0.286. The zero-order valence-electron chi connectivity index (χ0n) is 7.86. The van der Waals surface area contributed by atoms with Gasteiger partial charge in [0.15, 0.2) is 0 Å². The molecule has 0 saturated carbocycles. The summed E-state index contributed by atoms with van der Waals surface area (Å²) in [4.78, 5) is 14.4. The Bertz CT molecular complexity index is 313. The van der Waals surface area contributed by atoms with Gasteiger partial charge in [0.2, 0.25) is 5.91 Å². The standard InChI is InChI=1S/C9H14N4O/c10-8(14)4-2-5-12-7-3-1-6-13-9(7)11/h1,3,6,12H,2,4-5H2,(H2,10,14)(H2,11,13). The van der Waals surface area contributed by atoms with Gasteiger partial charge in [-0.3, -0.25) is 4.79 Å². The number of aromatic nitrogens is 1. The van der Waals surface area contributed by atoms with Crippen LogP contribution in [0.25, 0.3) is 0 Å². The third-order valence-electron chi connectivity index (χ3n) is 1.75. The van der Waals surface area contributed by atoms with Gasteiger partial charge in [-0.1, -0.05) is 0 Å². The number of pyridine rings is 1. The van der Waals surface area contributed by atoms with Crippen LogP contribution in [0.5, 0.6) is 0 Å². The number of primary amides is 1. The van der Waals surface area contributed by atoms with E-state index in [-0.39, 0.29) is 5.91 Å². The fraction of sp³-hybridized carbons (Fsp3) is 0.333. The van der Waals surface area contributed by atoms with Crippen LogP contribution >= 0.6 is 0 Å². The predicted molar refractivity (Wildman–Crippen MR) is 55.6 cm³/mol. The lowest BCUT2D eigenvalue weighted by atomic mass is 10.3. The van der Waals surface area contributed by atoms with Crippen LogP contribution in [0.4, 0.5) is 11.5 Å². The number of carbonyl (C=O) groups excluding carboxylic acids is 1. The highest BCUT2D eigenvalue weighted by Gasteiger charge is 1.98. The van der Waals surface area contributed by atoms with E-state index in [0.717, 1.165) is 5.69 Å². The average Bonchev–Trinajstić information content (AvgIpc) is 2.15. The molecule has 0 unspecified atom stereocenters. The first kappa shape index (κ1) is 10.3. The van der Waals surface area contributed by atoms with Gasteiger partial charge in [-0.2, -0.15) is 0 Å². The van der Waals surface area contributed by atoms with Gasteiger partial charge in [-0.15, -0.1) is 0 Å². The van der Waals surface area contributed by atoms with E-state index in [1.807, 2.05) is 6.07 Å². The molecular formula is C9H14N4O. The Morgan fingerprint density at radius 2 is 2.36 bits per heavy atom. The van der Waals surface area contributed by atoms with Crippen LogP contribution < -0.4 is 16.8 Å². The lowest BCUT2D eigenvalue weighted by Gasteiger charge is -2.06. The molecule has 0 aliphatic rings. The van der Waals surface area contributed by atoms with Crippen molar-refractivity contribution >= 4 is 17.4 Å². The number of nitrogens with two attached hydrogens (primary N) is 2. The second-order valence-electron chi connectivity index (χ2n) is 2.93. The van der Waals surface area contributed by atoms with Crippen LogP contribution in [0.15, 0.2) is 18.3 Å². The molecule has 0 saturated heterocycles. The van der Waals surface area contributed by atoms with Crippen molar-refractivity contribution in [2.75, 3.05) is 17.6 Å². The van der Waals surface area contributed by atoms with E-state index in [1.54, 1.807) is 12.3 Å². The smallest absolute Gasteiger partial charge is 0.217 e. The van der Waals surface area contributed by atoms with Gasteiger partial charge in [-0.25, -0.2) is 4.98 Å². The zero-order chi connectivity index (χ0) is 10.4. The number of nitrogen functional groups attached to an aromatic ring is 1. The second-order valence-corrected chi connectivity index (χ2v) is 2.93. The van der Waals surface area contributed by atoms with Crippen molar-refractivity contribution in [3.8, 4) is 0 Å². The molecule has 1 amide bonds. The van der Waals surface area contributed by atoms with E-state index >= 15 is 0 Å². The van der Waals surface area contributed by atoms with Gasteiger partial charge >= 0.3 is 0 Å². The summed E-state index contributed by atoms with van der Waals surface area (Å²) in [5.74, 6) is 0.178. The van der Waals surface area contributed by atoms with Crippen molar-refractivity contribution in [3.05, 3.63) is 18.3 Å². The Morgan fingerprint density at radius 1 is 1.57 bits per heavy atom. The van der Waals surface area contributed by atoms with Gasteiger partial charge in [0.1, 0.15) is 5.82 Å². The SMILES string of the molecule is NC(=O)CCCNc1cccnc1N. The summed E-state index contributed by atoms with van der Waals surface area (Å²) >= 11 is 0. The molecule has 0 atom stereocenters. The summed E-state index contributed by atoms with van der Waals surface area (Å²) in [5, 5.41) is 3.07. The number of nitrogens with zero attached hydrogens (tertiary/aromatic N) is 1. The third kappa shape index (κ3) is 3.30. The number of anilines is 2. The molecule has 1 heterocycles. The number of carbonyl (C=O) groups is 1. The lowest BCUT2D eigenvalue weighted by molar-refractivity contribution is -0.118. The van der Waals surface area contributed by atoms with E-state index in [1.165, 1.54) is 0 Å². The molecule has 1 aromatic heterocycles. The summed E-state index contributed by atoms with van der Waals surface area (Å²) < 4.78 is 0. The van der Waals surface area contributed by atoms with Gasteiger partial charge in [0, 0.05) is 19.2 Å². The number of amides is 1. The maximum absolute atomic E-state index is 10.4. The van der Waals surface area contributed by atoms with Crippen molar-refractivity contribution in [1.29, 1.82) is 0 Å². The van der Waals surface area contributed by atoms with Crippen molar-refractivity contribution in [1.82, 2.24) is 4.98 Å². The summed E-state index contributed by atoms with van der Waals surface area (Å²) in [6.45, 7) is 0.666. The highest BCUT2D eigenvalue weighted by atomic mass is 16.1. The van der Waals surface area contributed by atoms with Crippen LogP contribution in [0, 0.1) is 0 Å². The molecule has 5 N–H and O–H groups in total. The first-order valence-electron chi connectivity index (χ1n) is 4.43. The predicted octanol–water partition coefficient (Wildman–Crippen LogP) is 0.341. The highest BCUT2D eigenvalue weighted by Crippen LogP contribution is 2.13. The highest BCUT2D eigenvalue weighted by molar-refractivity contribution is 5.73. The Morgan fingerprint density at radius 3 is 3.00 bits per heavy atom. The van der Waals surface area contributed by atoms with Crippen LogP contribution in [-0.4, -0.2) is 17.4 Å². The van der Waals surface area contributed by atoms with Crippen molar-refractivity contribution in [2.45, 2.75) is 12.8 Å². The molecular weight excluding hydrogens is 180 g/mol. The van der Waals surface area contributed by atoms with Gasteiger partial charge in [-0.05, 0) is 18.6 Å². The Kier molecular flexibility index (Phi) is 3.72. The van der Waals surface area contributed by atoms with Crippen LogP contribution in [-0.2, 0) is 4.79 Å². The van der Waals surface area contributed by atoms with Crippen LogP contribution in [0.2, 0.25) is 0 Å². The fourth-order valence-electron chi connectivity index (χ4n) is 1.05. The van der Waals surface area contributed by atoms with E-state index in [4.69, 9.17) is 11.5 Å². The summed E-state index contributed by atoms with van der Waals surface area (Å²) in [5.41, 5.74) is 11.4. The Balaban J connectivity index is 2.31. The van der Waals surface area contributed by atoms with E-state index < -0.39 is 0 Å². The van der Waals surface area contributed by atoms with Gasteiger partial charge < -0.3 is 16.8 Å². The summed E-state index contributed by atoms with van der Waals surface area (Å²) in [6, 6.07) is 3.64. The minimum Gasteiger partial charge on any atom is -0.382 e.